The number of amides is 1. The van der Waals surface area contributed by atoms with Gasteiger partial charge in [-0.15, -0.1) is 0 Å². The fourth-order valence-corrected chi connectivity index (χ4v) is 9.69. The molecule has 1 fully saturated rings. The van der Waals surface area contributed by atoms with Crippen LogP contribution in [0.5, 0.6) is 0 Å². The summed E-state index contributed by atoms with van der Waals surface area (Å²) in [5.41, 5.74) is 0. The van der Waals surface area contributed by atoms with Crippen LogP contribution in [0.4, 0.5) is 0 Å². The van der Waals surface area contributed by atoms with E-state index in [4.69, 9.17) is 9.05 Å². The fourth-order valence-electron chi connectivity index (χ4n) is 8.72. The molecular formula is C49H98NO12P. The van der Waals surface area contributed by atoms with Crippen LogP contribution in [0, 0.1) is 0 Å². The van der Waals surface area contributed by atoms with Crippen molar-refractivity contribution in [2.75, 3.05) is 6.61 Å². The lowest BCUT2D eigenvalue weighted by atomic mass is 9.85. The number of carbonyl (C=O) groups excluding carboxylic acids is 1. The molecule has 1 amide bonds. The number of phosphoric ester groups is 1. The van der Waals surface area contributed by atoms with Gasteiger partial charge in [-0.1, -0.05) is 226 Å². The van der Waals surface area contributed by atoms with Gasteiger partial charge < -0.3 is 46.0 Å². The molecule has 0 radical (unpaired) electrons. The van der Waals surface area contributed by atoms with Crippen LogP contribution in [0.15, 0.2) is 0 Å². The van der Waals surface area contributed by atoms with Crippen molar-refractivity contribution in [1.29, 1.82) is 0 Å². The minimum absolute atomic E-state index is 0.215. The Kier molecular flexibility index (Phi) is 37.6. The van der Waals surface area contributed by atoms with Crippen LogP contribution >= 0.6 is 7.82 Å². The van der Waals surface area contributed by atoms with Crippen LogP contribution in [0.25, 0.3) is 0 Å². The third-order valence-corrected chi connectivity index (χ3v) is 14.0. The quantitative estimate of drug-likeness (QED) is 0.0206. The lowest BCUT2D eigenvalue weighted by Crippen LogP contribution is -2.64. The summed E-state index contributed by atoms with van der Waals surface area (Å²) in [4.78, 5) is 23.5. The molecule has 63 heavy (non-hydrogen) atoms. The molecule has 1 rings (SSSR count). The Balaban J connectivity index is 2.44. The average molecular weight is 924 g/mol. The second kappa shape index (κ2) is 39.3. The molecule has 8 atom stereocenters. The molecule has 1 aliphatic carbocycles. The molecule has 0 heterocycles. The Morgan fingerprint density at radius 3 is 1.14 bits per heavy atom. The maximum atomic E-state index is 13.1. The van der Waals surface area contributed by atoms with Crippen LogP contribution in [-0.2, 0) is 18.4 Å². The number of aliphatic hydroxyl groups excluding tert-OH is 7. The summed E-state index contributed by atoms with van der Waals surface area (Å²) >= 11 is 0. The summed E-state index contributed by atoms with van der Waals surface area (Å²) in [6.07, 6.45) is 27.1. The lowest BCUT2D eigenvalue weighted by Gasteiger charge is -2.41. The third-order valence-electron chi connectivity index (χ3n) is 13.0. The molecule has 9 N–H and O–H groups in total. The van der Waals surface area contributed by atoms with Gasteiger partial charge in [-0.05, 0) is 12.8 Å². The van der Waals surface area contributed by atoms with Gasteiger partial charge in [0, 0.05) is 0 Å². The molecule has 14 heteroatoms. The first-order valence-electron chi connectivity index (χ1n) is 26.1. The molecule has 1 aliphatic rings. The smallest absolute Gasteiger partial charge is 0.393 e. The van der Waals surface area contributed by atoms with Crippen molar-refractivity contribution in [3.63, 3.8) is 0 Å². The zero-order valence-electron chi connectivity index (χ0n) is 40.0. The number of hydrogen-bond acceptors (Lipinski definition) is 11. The van der Waals surface area contributed by atoms with Crippen molar-refractivity contribution in [1.82, 2.24) is 5.32 Å². The summed E-state index contributed by atoms with van der Waals surface area (Å²) in [6.45, 7) is 3.82. The SMILES string of the molecule is CCCCCCCCCCCCCCCCCCCCC(O)CC(=O)NC(COP(=O)(O)OC1C(O)C(O)C(O)C(O)C1O)C(O)CCCCCCCCCCCCCCCCC. The van der Waals surface area contributed by atoms with Crippen LogP contribution in [0.3, 0.4) is 0 Å². The molecular weight excluding hydrogens is 826 g/mol. The van der Waals surface area contributed by atoms with Crippen molar-refractivity contribution in [3.05, 3.63) is 0 Å². The van der Waals surface area contributed by atoms with Gasteiger partial charge in [-0.25, -0.2) is 4.57 Å². The Morgan fingerprint density at radius 1 is 0.492 bits per heavy atom. The van der Waals surface area contributed by atoms with E-state index in [1.807, 2.05) is 0 Å². The van der Waals surface area contributed by atoms with E-state index in [0.717, 1.165) is 51.4 Å². The highest BCUT2D eigenvalue weighted by Gasteiger charge is 2.51. The standard InChI is InChI=1S/C49H98NO12P/c1-3-5-7-9-11-13-15-17-19-20-21-23-24-26-28-30-32-34-36-40(51)38-43(53)50-41(39-61-63(59,60)62-49-47(57)45(55)44(54)46(56)48(49)58)42(52)37-35-33-31-29-27-25-22-18-16-14-12-10-8-6-4-2/h40-42,44-49,51-52,54-58H,3-39H2,1-2H3,(H,50,53)(H,59,60). The Hall–Kier alpha value is -0.700. The molecule has 8 unspecified atom stereocenters. The van der Waals surface area contributed by atoms with Crippen molar-refractivity contribution in [3.8, 4) is 0 Å². The highest BCUT2D eigenvalue weighted by atomic mass is 31.2. The van der Waals surface area contributed by atoms with Gasteiger partial charge in [0.2, 0.25) is 5.91 Å². The van der Waals surface area contributed by atoms with Crippen molar-refractivity contribution < 1.29 is 59.0 Å². The molecule has 376 valence electrons. The van der Waals surface area contributed by atoms with Gasteiger partial charge in [-0.3, -0.25) is 13.8 Å². The number of aliphatic hydroxyl groups is 7. The van der Waals surface area contributed by atoms with E-state index >= 15 is 0 Å². The van der Waals surface area contributed by atoms with Gasteiger partial charge in [0.1, 0.15) is 36.6 Å². The van der Waals surface area contributed by atoms with Crippen LogP contribution in [0.2, 0.25) is 0 Å². The van der Waals surface area contributed by atoms with E-state index < -0.39 is 75.2 Å². The Labute approximate surface area is 383 Å². The summed E-state index contributed by atoms with van der Waals surface area (Å²) in [5.74, 6) is -0.555. The minimum atomic E-state index is -5.11. The van der Waals surface area contributed by atoms with Crippen molar-refractivity contribution >= 4 is 13.7 Å². The number of carbonyl (C=O) groups is 1. The topological polar surface area (TPSA) is 226 Å². The Morgan fingerprint density at radius 2 is 0.794 bits per heavy atom. The highest BCUT2D eigenvalue weighted by molar-refractivity contribution is 7.47. The maximum Gasteiger partial charge on any atom is 0.472 e. The number of phosphoric acid groups is 1. The summed E-state index contributed by atoms with van der Waals surface area (Å²) < 4.78 is 23.0. The monoisotopic (exact) mass is 924 g/mol. The zero-order valence-corrected chi connectivity index (χ0v) is 40.9. The second-order valence-corrected chi connectivity index (χ2v) is 20.3. The molecule has 0 aliphatic heterocycles. The molecule has 13 nitrogen and oxygen atoms in total. The molecule has 0 aromatic carbocycles. The van der Waals surface area contributed by atoms with Crippen molar-refractivity contribution in [2.45, 2.75) is 300 Å². The van der Waals surface area contributed by atoms with Gasteiger partial charge in [0.15, 0.2) is 0 Å². The fraction of sp³-hybridized carbons (Fsp3) is 0.980. The molecule has 0 aromatic heterocycles. The van der Waals surface area contributed by atoms with E-state index in [1.54, 1.807) is 0 Å². The van der Waals surface area contributed by atoms with Gasteiger partial charge >= 0.3 is 7.82 Å². The van der Waals surface area contributed by atoms with Gasteiger partial charge in [0.05, 0.1) is 31.3 Å². The van der Waals surface area contributed by atoms with E-state index in [-0.39, 0.29) is 12.8 Å². The third kappa shape index (κ3) is 31.1. The van der Waals surface area contributed by atoms with E-state index in [9.17, 15) is 50.0 Å². The van der Waals surface area contributed by atoms with E-state index in [1.165, 1.54) is 154 Å². The van der Waals surface area contributed by atoms with Gasteiger partial charge in [0.25, 0.3) is 0 Å². The summed E-state index contributed by atoms with van der Waals surface area (Å²) in [6, 6.07) is -1.15. The predicted molar refractivity (Wildman–Crippen MR) is 252 cm³/mol. The first kappa shape index (κ1) is 60.3. The number of rotatable bonds is 44. The number of unbranched alkanes of at least 4 members (excludes halogenated alkanes) is 31. The maximum absolute atomic E-state index is 13.1. The van der Waals surface area contributed by atoms with Crippen LogP contribution < -0.4 is 5.32 Å². The summed E-state index contributed by atoms with van der Waals surface area (Å²) in [5, 5.41) is 74.8. The molecule has 0 saturated heterocycles. The molecule has 0 bridgehead atoms. The van der Waals surface area contributed by atoms with Gasteiger partial charge in [-0.2, -0.15) is 0 Å². The predicted octanol–water partition coefficient (Wildman–Crippen LogP) is 9.60. The van der Waals surface area contributed by atoms with E-state index in [2.05, 4.69) is 19.2 Å². The molecule has 0 aromatic rings. The minimum Gasteiger partial charge on any atom is -0.393 e. The number of hydrogen-bond donors (Lipinski definition) is 9. The average Bonchev–Trinajstić information content (AvgIpc) is 3.26. The first-order chi connectivity index (χ1) is 30.3. The lowest BCUT2D eigenvalue weighted by molar-refractivity contribution is -0.220. The molecule has 0 spiro atoms. The van der Waals surface area contributed by atoms with Crippen LogP contribution in [-0.4, -0.2) is 108 Å². The first-order valence-corrected chi connectivity index (χ1v) is 27.6. The Bertz CT molecular complexity index is 1090. The van der Waals surface area contributed by atoms with Crippen molar-refractivity contribution in [2.24, 2.45) is 0 Å². The molecule has 1 saturated carbocycles. The normalized spacial score (nSPS) is 22.8. The second-order valence-electron chi connectivity index (χ2n) is 18.9. The zero-order chi connectivity index (χ0) is 46.6. The highest BCUT2D eigenvalue weighted by Crippen LogP contribution is 2.47. The largest absolute Gasteiger partial charge is 0.472 e. The summed E-state index contributed by atoms with van der Waals surface area (Å²) in [7, 11) is -5.11. The van der Waals surface area contributed by atoms with E-state index in [0.29, 0.717) is 12.8 Å². The van der Waals surface area contributed by atoms with Crippen LogP contribution in [0.1, 0.15) is 245 Å². The number of nitrogens with one attached hydrogen (secondary N) is 1.